The standard InChI is InChI=1S/C18H22N4O2/c23-15-9-17(12-4-2-1-3-5-12)22(11-15)18(24)20-14-7-6-13-10-19-21-16(13)8-14/h1-5,10,14-15,17,23H,6-9,11H2,(H,19,21)(H,20,24). The number of aliphatic hydroxyl groups is 1. The van der Waals surface area contributed by atoms with E-state index in [-0.39, 0.29) is 18.1 Å². The molecule has 2 aromatic rings. The zero-order chi connectivity index (χ0) is 16.5. The van der Waals surface area contributed by atoms with E-state index in [1.54, 1.807) is 4.90 Å². The first kappa shape index (κ1) is 15.2. The normalized spacial score (nSPS) is 26.2. The van der Waals surface area contributed by atoms with Crippen molar-refractivity contribution in [3.05, 3.63) is 53.3 Å². The Bertz CT molecular complexity index is 715. The van der Waals surface area contributed by atoms with Crippen molar-refractivity contribution in [1.82, 2.24) is 20.4 Å². The average Bonchev–Trinajstić information content (AvgIpc) is 3.21. The van der Waals surface area contributed by atoms with Gasteiger partial charge in [0, 0.05) is 24.7 Å². The van der Waals surface area contributed by atoms with Crippen LogP contribution in [0.15, 0.2) is 36.5 Å². The van der Waals surface area contributed by atoms with E-state index in [1.165, 1.54) is 5.56 Å². The van der Waals surface area contributed by atoms with E-state index in [4.69, 9.17) is 0 Å². The highest BCUT2D eigenvalue weighted by molar-refractivity contribution is 5.75. The first-order valence-corrected chi connectivity index (χ1v) is 8.52. The monoisotopic (exact) mass is 326 g/mol. The van der Waals surface area contributed by atoms with Crippen LogP contribution in [0.2, 0.25) is 0 Å². The van der Waals surface area contributed by atoms with E-state index in [9.17, 15) is 9.90 Å². The molecular weight excluding hydrogens is 304 g/mol. The minimum Gasteiger partial charge on any atom is -0.391 e. The summed E-state index contributed by atoms with van der Waals surface area (Å²) in [6.07, 6.45) is 4.63. The van der Waals surface area contributed by atoms with Crippen molar-refractivity contribution in [1.29, 1.82) is 0 Å². The van der Waals surface area contributed by atoms with Crippen LogP contribution in [0.5, 0.6) is 0 Å². The zero-order valence-corrected chi connectivity index (χ0v) is 13.5. The van der Waals surface area contributed by atoms with Crippen molar-refractivity contribution in [2.24, 2.45) is 0 Å². The van der Waals surface area contributed by atoms with Gasteiger partial charge in [-0.15, -0.1) is 0 Å². The molecule has 6 heteroatoms. The predicted molar refractivity (Wildman–Crippen MR) is 89.4 cm³/mol. The molecule has 126 valence electrons. The number of aromatic nitrogens is 2. The second-order valence-corrected chi connectivity index (χ2v) is 6.73. The maximum absolute atomic E-state index is 12.8. The van der Waals surface area contributed by atoms with Crippen molar-refractivity contribution in [2.75, 3.05) is 6.54 Å². The fourth-order valence-corrected chi connectivity index (χ4v) is 3.82. The molecule has 0 radical (unpaired) electrons. The molecule has 1 aliphatic heterocycles. The van der Waals surface area contributed by atoms with Gasteiger partial charge in [0.2, 0.25) is 0 Å². The molecule has 2 aliphatic rings. The number of likely N-dealkylation sites (tertiary alicyclic amines) is 1. The Balaban J connectivity index is 1.45. The number of aromatic amines is 1. The summed E-state index contributed by atoms with van der Waals surface area (Å²) in [4.78, 5) is 14.5. The molecule has 0 saturated carbocycles. The highest BCUT2D eigenvalue weighted by Gasteiger charge is 2.36. The topological polar surface area (TPSA) is 81.2 Å². The molecule has 1 aromatic heterocycles. The number of hydrogen-bond donors (Lipinski definition) is 3. The van der Waals surface area contributed by atoms with Gasteiger partial charge < -0.3 is 15.3 Å². The van der Waals surface area contributed by atoms with Crippen LogP contribution in [0.3, 0.4) is 0 Å². The maximum Gasteiger partial charge on any atom is 0.318 e. The molecule has 3 atom stereocenters. The molecule has 1 fully saturated rings. The molecule has 0 bridgehead atoms. The van der Waals surface area contributed by atoms with Crippen LogP contribution in [-0.2, 0) is 12.8 Å². The van der Waals surface area contributed by atoms with E-state index in [1.807, 2.05) is 36.5 Å². The lowest BCUT2D eigenvalue weighted by Gasteiger charge is -2.29. The number of benzene rings is 1. The number of H-pyrrole nitrogens is 1. The molecule has 6 nitrogen and oxygen atoms in total. The molecule has 2 amide bonds. The molecule has 3 N–H and O–H groups in total. The van der Waals surface area contributed by atoms with Crippen LogP contribution >= 0.6 is 0 Å². The Morgan fingerprint density at radius 2 is 2.17 bits per heavy atom. The van der Waals surface area contributed by atoms with Crippen LogP contribution in [0, 0.1) is 0 Å². The second-order valence-electron chi connectivity index (χ2n) is 6.73. The maximum atomic E-state index is 12.8. The van der Waals surface area contributed by atoms with Crippen LogP contribution in [0.1, 0.15) is 35.7 Å². The van der Waals surface area contributed by atoms with E-state index in [0.717, 1.165) is 30.5 Å². The number of nitrogens with one attached hydrogen (secondary N) is 2. The summed E-state index contributed by atoms with van der Waals surface area (Å²) in [5.41, 5.74) is 3.44. The molecule has 3 unspecified atom stereocenters. The Hall–Kier alpha value is -2.34. The van der Waals surface area contributed by atoms with E-state index < -0.39 is 6.10 Å². The number of fused-ring (bicyclic) bond motifs is 1. The largest absolute Gasteiger partial charge is 0.391 e. The van der Waals surface area contributed by atoms with Gasteiger partial charge in [0.05, 0.1) is 18.3 Å². The highest BCUT2D eigenvalue weighted by atomic mass is 16.3. The molecule has 4 rings (SSSR count). The van der Waals surface area contributed by atoms with Gasteiger partial charge in [-0.1, -0.05) is 30.3 Å². The average molecular weight is 326 g/mol. The fourth-order valence-electron chi connectivity index (χ4n) is 3.82. The van der Waals surface area contributed by atoms with E-state index >= 15 is 0 Å². The molecule has 1 aliphatic carbocycles. The number of carbonyl (C=O) groups is 1. The summed E-state index contributed by atoms with van der Waals surface area (Å²) < 4.78 is 0. The Morgan fingerprint density at radius 3 is 3.00 bits per heavy atom. The molecule has 1 aromatic carbocycles. The predicted octanol–water partition coefficient (Wildman–Crippen LogP) is 1.78. The summed E-state index contributed by atoms with van der Waals surface area (Å²) >= 11 is 0. The van der Waals surface area contributed by atoms with Crippen LogP contribution in [0.25, 0.3) is 0 Å². The highest BCUT2D eigenvalue weighted by Crippen LogP contribution is 2.32. The van der Waals surface area contributed by atoms with Gasteiger partial charge in [-0.05, 0) is 30.4 Å². The third-order valence-corrected chi connectivity index (χ3v) is 5.07. The van der Waals surface area contributed by atoms with Crippen LogP contribution < -0.4 is 5.32 Å². The van der Waals surface area contributed by atoms with E-state index in [2.05, 4.69) is 15.5 Å². The smallest absolute Gasteiger partial charge is 0.318 e. The van der Waals surface area contributed by atoms with Gasteiger partial charge in [0.25, 0.3) is 0 Å². The lowest BCUT2D eigenvalue weighted by Crippen LogP contribution is -2.46. The summed E-state index contributed by atoms with van der Waals surface area (Å²) in [5, 5.41) is 20.3. The molecular formula is C18H22N4O2. The zero-order valence-electron chi connectivity index (χ0n) is 13.5. The molecule has 24 heavy (non-hydrogen) atoms. The number of carbonyl (C=O) groups excluding carboxylic acids is 1. The number of aliphatic hydroxyl groups excluding tert-OH is 1. The third-order valence-electron chi connectivity index (χ3n) is 5.07. The SMILES string of the molecule is O=C(NC1CCc2cn[nH]c2C1)N1CC(O)CC1c1ccccc1. The number of rotatable bonds is 2. The fraction of sp³-hybridized carbons (Fsp3) is 0.444. The minimum absolute atomic E-state index is 0.0625. The van der Waals surface area contributed by atoms with Crippen LogP contribution in [0.4, 0.5) is 4.79 Å². The van der Waals surface area contributed by atoms with Crippen molar-refractivity contribution in [3.8, 4) is 0 Å². The number of aryl methyl sites for hydroxylation is 1. The Morgan fingerprint density at radius 1 is 1.33 bits per heavy atom. The Labute approximate surface area is 140 Å². The first-order valence-electron chi connectivity index (χ1n) is 8.52. The van der Waals surface area contributed by atoms with Gasteiger partial charge in [-0.3, -0.25) is 5.10 Å². The summed E-state index contributed by atoms with van der Waals surface area (Å²) in [7, 11) is 0. The van der Waals surface area contributed by atoms with Crippen LogP contribution in [-0.4, -0.2) is 44.9 Å². The summed E-state index contributed by atoms with van der Waals surface area (Å²) in [6, 6.07) is 9.89. The second kappa shape index (κ2) is 6.28. The number of hydrogen-bond acceptors (Lipinski definition) is 3. The number of nitrogens with zero attached hydrogens (tertiary/aromatic N) is 2. The van der Waals surface area contributed by atoms with E-state index in [0.29, 0.717) is 13.0 Å². The van der Waals surface area contributed by atoms with Crippen molar-refractivity contribution >= 4 is 6.03 Å². The van der Waals surface area contributed by atoms with Gasteiger partial charge in [-0.2, -0.15) is 5.10 Å². The number of β-amino-alcohol motifs (C(OH)–C–C–N with tert-alkyl or cyclic N) is 1. The molecule has 1 saturated heterocycles. The van der Waals surface area contributed by atoms with Crippen molar-refractivity contribution in [3.63, 3.8) is 0 Å². The van der Waals surface area contributed by atoms with Gasteiger partial charge >= 0.3 is 6.03 Å². The van der Waals surface area contributed by atoms with Gasteiger partial charge in [0.1, 0.15) is 0 Å². The lowest BCUT2D eigenvalue weighted by atomic mass is 9.94. The summed E-state index contributed by atoms with van der Waals surface area (Å²) in [5.74, 6) is 0. The van der Waals surface area contributed by atoms with Gasteiger partial charge in [0.15, 0.2) is 0 Å². The number of amides is 2. The third kappa shape index (κ3) is 2.89. The number of urea groups is 1. The van der Waals surface area contributed by atoms with Crippen molar-refractivity contribution in [2.45, 2.75) is 43.9 Å². The Kier molecular flexibility index (Phi) is 3.98. The molecule has 2 heterocycles. The summed E-state index contributed by atoms with van der Waals surface area (Å²) in [6.45, 7) is 0.382. The minimum atomic E-state index is -0.466. The quantitative estimate of drug-likeness (QED) is 0.787. The van der Waals surface area contributed by atoms with Gasteiger partial charge in [-0.25, -0.2) is 4.79 Å². The first-order chi connectivity index (χ1) is 11.7. The lowest BCUT2D eigenvalue weighted by molar-refractivity contribution is 0.167. The molecule has 0 spiro atoms. The van der Waals surface area contributed by atoms with Crippen molar-refractivity contribution < 1.29 is 9.90 Å².